The number of nitrogens with one attached hydrogen (secondary N) is 1. The Balaban J connectivity index is 1.90. The smallest absolute Gasteiger partial charge is 0.152 e. The normalized spacial score (nSPS) is 25.6. The van der Waals surface area contributed by atoms with Crippen molar-refractivity contribution in [3.63, 3.8) is 0 Å². The highest BCUT2D eigenvalue weighted by Gasteiger charge is 2.29. The lowest BCUT2D eigenvalue weighted by Gasteiger charge is -2.35. The number of methoxy groups -OCH3 is 1. The molecule has 4 heteroatoms. The molecule has 0 amide bonds. The second-order valence-corrected chi connectivity index (χ2v) is 3.87. The summed E-state index contributed by atoms with van der Waals surface area (Å²) >= 11 is 5.91. The van der Waals surface area contributed by atoms with E-state index in [1.54, 1.807) is 13.3 Å². The molecule has 1 aromatic rings. The fraction of sp³-hybridized carbons (Fsp3) is 0.500. The lowest BCUT2D eigenvalue weighted by molar-refractivity contribution is 0.0328. The van der Waals surface area contributed by atoms with E-state index in [1.807, 2.05) is 12.1 Å². The van der Waals surface area contributed by atoms with Crippen LogP contribution in [0.5, 0.6) is 0 Å². The number of hydrogen-bond acceptors (Lipinski definition) is 3. The Bertz CT molecular complexity index is 313. The first-order valence-corrected chi connectivity index (χ1v) is 5.07. The monoisotopic (exact) mass is 212 g/mol. The molecule has 1 aliphatic carbocycles. The Morgan fingerprint density at radius 2 is 2.36 bits per heavy atom. The van der Waals surface area contributed by atoms with Crippen molar-refractivity contribution in [3.8, 4) is 0 Å². The van der Waals surface area contributed by atoms with E-state index in [0.29, 0.717) is 17.3 Å². The summed E-state index contributed by atoms with van der Waals surface area (Å²) in [5.41, 5.74) is 0.911. The maximum absolute atomic E-state index is 5.91. The number of rotatable bonds is 3. The second-order valence-electron chi connectivity index (χ2n) is 3.51. The fourth-order valence-corrected chi connectivity index (χ4v) is 1.76. The van der Waals surface area contributed by atoms with Crippen molar-refractivity contribution in [2.24, 2.45) is 0 Å². The van der Waals surface area contributed by atoms with Gasteiger partial charge in [0.25, 0.3) is 0 Å². The molecular formula is C10H13ClN2O. The van der Waals surface area contributed by atoms with Gasteiger partial charge < -0.3 is 10.1 Å². The van der Waals surface area contributed by atoms with Crippen LogP contribution >= 0.6 is 11.6 Å². The van der Waals surface area contributed by atoms with E-state index in [2.05, 4.69) is 10.3 Å². The predicted octanol–water partition coefficient (Wildman–Crippen LogP) is 2.32. The molecule has 1 N–H and O–H groups in total. The molecule has 1 saturated carbocycles. The summed E-state index contributed by atoms with van der Waals surface area (Å²) in [6.45, 7) is 0. The zero-order chi connectivity index (χ0) is 9.97. The molecule has 1 fully saturated rings. The van der Waals surface area contributed by atoms with Gasteiger partial charge in [-0.2, -0.15) is 0 Å². The zero-order valence-corrected chi connectivity index (χ0v) is 8.79. The van der Waals surface area contributed by atoms with Crippen LogP contribution in [0.4, 0.5) is 5.69 Å². The van der Waals surface area contributed by atoms with E-state index < -0.39 is 0 Å². The molecule has 76 valence electrons. The number of nitrogens with zero attached hydrogens (tertiary/aromatic N) is 1. The van der Waals surface area contributed by atoms with Crippen LogP contribution in [0.1, 0.15) is 12.8 Å². The highest BCUT2D eigenvalue weighted by molar-refractivity contribution is 6.31. The Hall–Kier alpha value is -0.800. The van der Waals surface area contributed by atoms with Crippen molar-refractivity contribution in [2.45, 2.75) is 25.0 Å². The summed E-state index contributed by atoms with van der Waals surface area (Å²) in [7, 11) is 1.75. The average molecular weight is 213 g/mol. The van der Waals surface area contributed by atoms with E-state index in [1.165, 1.54) is 0 Å². The Kier molecular flexibility index (Phi) is 2.89. The van der Waals surface area contributed by atoms with Gasteiger partial charge in [0.15, 0.2) is 5.15 Å². The standard InChI is InChI=1S/C10H13ClN2O/c1-14-8-5-7(6-8)13-9-3-2-4-12-10(9)11/h2-4,7-8,13H,5-6H2,1H3. The van der Waals surface area contributed by atoms with Crippen LogP contribution < -0.4 is 5.32 Å². The van der Waals surface area contributed by atoms with Crippen molar-refractivity contribution < 1.29 is 4.74 Å². The van der Waals surface area contributed by atoms with Gasteiger partial charge in [-0.25, -0.2) is 4.98 Å². The van der Waals surface area contributed by atoms with Gasteiger partial charge in [0, 0.05) is 19.3 Å². The first-order valence-electron chi connectivity index (χ1n) is 4.69. The number of halogens is 1. The molecule has 0 unspecified atom stereocenters. The molecule has 1 aromatic heterocycles. The van der Waals surface area contributed by atoms with E-state index in [0.717, 1.165) is 18.5 Å². The Morgan fingerprint density at radius 1 is 1.57 bits per heavy atom. The van der Waals surface area contributed by atoms with Crippen molar-refractivity contribution in [1.29, 1.82) is 0 Å². The van der Waals surface area contributed by atoms with Gasteiger partial charge in [0.2, 0.25) is 0 Å². The summed E-state index contributed by atoms with van der Waals surface area (Å²) in [5.74, 6) is 0. The second kappa shape index (κ2) is 4.15. The van der Waals surface area contributed by atoms with Crippen LogP contribution in [0.3, 0.4) is 0 Å². The van der Waals surface area contributed by atoms with E-state index in [9.17, 15) is 0 Å². The van der Waals surface area contributed by atoms with Gasteiger partial charge >= 0.3 is 0 Å². The summed E-state index contributed by atoms with van der Waals surface area (Å²) < 4.78 is 5.20. The minimum Gasteiger partial charge on any atom is -0.381 e. The summed E-state index contributed by atoms with van der Waals surface area (Å²) in [5, 5.41) is 3.87. The highest BCUT2D eigenvalue weighted by atomic mass is 35.5. The van der Waals surface area contributed by atoms with Crippen LogP contribution in [0, 0.1) is 0 Å². The van der Waals surface area contributed by atoms with Crippen molar-refractivity contribution in [3.05, 3.63) is 23.5 Å². The third kappa shape index (κ3) is 1.99. The molecule has 0 spiro atoms. The lowest BCUT2D eigenvalue weighted by Crippen LogP contribution is -2.40. The third-order valence-electron chi connectivity index (χ3n) is 2.55. The molecule has 0 radical (unpaired) electrons. The lowest BCUT2D eigenvalue weighted by atomic mass is 9.89. The van der Waals surface area contributed by atoms with E-state index in [-0.39, 0.29) is 0 Å². The molecule has 0 aromatic carbocycles. The molecule has 0 saturated heterocycles. The number of aromatic nitrogens is 1. The zero-order valence-electron chi connectivity index (χ0n) is 8.03. The van der Waals surface area contributed by atoms with Crippen LogP contribution in [0.25, 0.3) is 0 Å². The summed E-state index contributed by atoms with van der Waals surface area (Å²) in [4.78, 5) is 4.00. The molecule has 0 bridgehead atoms. The number of hydrogen-bond donors (Lipinski definition) is 1. The maximum Gasteiger partial charge on any atom is 0.152 e. The van der Waals surface area contributed by atoms with Gasteiger partial charge in [-0.1, -0.05) is 11.6 Å². The molecule has 1 heterocycles. The molecule has 0 atom stereocenters. The van der Waals surface area contributed by atoms with Gasteiger partial charge in [-0.3, -0.25) is 0 Å². The quantitative estimate of drug-likeness (QED) is 0.781. The van der Waals surface area contributed by atoms with Crippen LogP contribution in [0.2, 0.25) is 5.15 Å². The van der Waals surface area contributed by atoms with E-state index in [4.69, 9.17) is 16.3 Å². The minimum absolute atomic E-state index is 0.406. The van der Waals surface area contributed by atoms with Crippen molar-refractivity contribution in [2.75, 3.05) is 12.4 Å². The van der Waals surface area contributed by atoms with Crippen molar-refractivity contribution >= 4 is 17.3 Å². The Labute approximate surface area is 88.4 Å². The largest absolute Gasteiger partial charge is 0.381 e. The molecule has 1 aliphatic rings. The van der Waals surface area contributed by atoms with Gasteiger partial charge in [-0.15, -0.1) is 0 Å². The van der Waals surface area contributed by atoms with E-state index >= 15 is 0 Å². The summed E-state index contributed by atoms with van der Waals surface area (Å²) in [6, 6.07) is 4.29. The van der Waals surface area contributed by atoms with Gasteiger partial charge in [-0.05, 0) is 25.0 Å². The molecule has 3 nitrogen and oxygen atoms in total. The number of anilines is 1. The van der Waals surface area contributed by atoms with Crippen molar-refractivity contribution in [1.82, 2.24) is 4.98 Å². The third-order valence-corrected chi connectivity index (χ3v) is 2.85. The number of pyridine rings is 1. The van der Waals surface area contributed by atoms with Gasteiger partial charge in [0.05, 0.1) is 11.8 Å². The predicted molar refractivity (Wildman–Crippen MR) is 56.7 cm³/mol. The maximum atomic E-state index is 5.91. The highest BCUT2D eigenvalue weighted by Crippen LogP contribution is 2.28. The molecular weight excluding hydrogens is 200 g/mol. The molecule has 2 rings (SSSR count). The van der Waals surface area contributed by atoms with Crippen LogP contribution in [0.15, 0.2) is 18.3 Å². The topological polar surface area (TPSA) is 34.1 Å². The van der Waals surface area contributed by atoms with Gasteiger partial charge in [0.1, 0.15) is 0 Å². The first kappa shape index (κ1) is 9.74. The SMILES string of the molecule is COC1CC(Nc2cccnc2Cl)C1. The summed E-state index contributed by atoms with van der Waals surface area (Å²) in [6.07, 6.45) is 4.18. The number of ether oxygens (including phenoxy) is 1. The first-order chi connectivity index (χ1) is 6.79. The molecule has 0 aliphatic heterocycles. The minimum atomic E-state index is 0.406. The van der Waals surface area contributed by atoms with Crippen LogP contribution in [-0.4, -0.2) is 24.2 Å². The molecule has 14 heavy (non-hydrogen) atoms. The van der Waals surface area contributed by atoms with Crippen LogP contribution in [-0.2, 0) is 4.74 Å². The average Bonchev–Trinajstić information content (AvgIpc) is 2.13. The Morgan fingerprint density at radius 3 is 3.00 bits per heavy atom. The fourth-order valence-electron chi connectivity index (χ4n) is 1.59.